The maximum absolute atomic E-state index is 13.2. The molecule has 3 N–H and O–H groups in total. The molecule has 7 nitrogen and oxygen atoms in total. The van der Waals surface area contributed by atoms with Crippen molar-refractivity contribution in [2.24, 2.45) is 5.92 Å². The molecule has 1 aliphatic rings. The molecule has 0 bridgehead atoms. The first-order valence-corrected chi connectivity index (χ1v) is 10.7. The van der Waals surface area contributed by atoms with Crippen LogP contribution in [0.3, 0.4) is 0 Å². The van der Waals surface area contributed by atoms with Crippen LogP contribution in [0.15, 0.2) is 34.9 Å². The number of halogens is 1. The van der Waals surface area contributed by atoms with Gasteiger partial charge in [0, 0.05) is 28.8 Å². The van der Waals surface area contributed by atoms with Gasteiger partial charge >= 0.3 is 6.09 Å². The average Bonchev–Trinajstić information content (AvgIpc) is 3.27. The summed E-state index contributed by atoms with van der Waals surface area (Å²) in [5.41, 5.74) is 2.15. The lowest BCUT2D eigenvalue weighted by atomic mass is 10.0. The Labute approximate surface area is 179 Å². The summed E-state index contributed by atoms with van der Waals surface area (Å²) in [6, 6.07) is 7.22. The third-order valence-corrected chi connectivity index (χ3v) is 5.93. The van der Waals surface area contributed by atoms with Crippen LogP contribution in [0.4, 0.5) is 4.79 Å². The van der Waals surface area contributed by atoms with Crippen LogP contribution < -0.4 is 5.32 Å². The first kappa shape index (κ1) is 21.4. The molecule has 0 aliphatic carbocycles. The van der Waals surface area contributed by atoms with Crippen LogP contribution in [-0.4, -0.2) is 44.1 Å². The number of nitrogens with one attached hydrogen (secondary N) is 2. The molecule has 1 aromatic carbocycles. The van der Waals surface area contributed by atoms with Crippen molar-refractivity contribution >= 4 is 27.9 Å². The van der Waals surface area contributed by atoms with Crippen LogP contribution in [-0.2, 0) is 11.2 Å². The first-order chi connectivity index (χ1) is 13.8. The molecule has 0 unspecified atom stereocenters. The second-order valence-electron chi connectivity index (χ2n) is 7.96. The van der Waals surface area contributed by atoms with Gasteiger partial charge in [0.1, 0.15) is 11.9 Å². The van der Waals surface area contributed by atoms with Crippen molar-refractivity contribution in [1.82, 2.24) is 20.2 Å². The molecule has 0 radical (unpaired) electrons. The summed E-state index contributed by atoms with van der Waals surface area (Å²) < 4.78 is 1.04. The Morgan fingerprint density at radius 3 is 2.62 bits per heavy atom. The lowest BCUT2D eigenvalue weighted by molar-refractivity contribution is -0.137. The highest BCUT2D eigenvalue weighted by atomic mass is 79.9. The van der Waals surface area contributed by atoms with Gasteiger partial charge in [0.05, 0.1) is 6.04 Å². The minimum atomic E-state index is -1.18. The third kappa shape index (κ3) is 4.98. The zero-order chi connectivity index (χ0) is 21.1. The van der Waals surface area contributed by atoms with Gasteiger partial charge in [0.2, 0.25) is 5.91 Å². The minimum Gasteiger partial charge on any atom is -0.465 e. The zero-order valence-corrected chi connectivity index (χ0v) is 18.4. The molecule has 1 saturated heterocycles. The summed E-state index contributed by atoms with van der Waals surface area (Å²) in [6.07, 6.45) is 3.02. The maximum atomic E-state index is 13.2. The summed E-state index contributed by atoms with van der Waals surface area (Å²) in [5, 5.41) is 11.5. The molecule has 29 heavy (non-hydrogen) atoms. The fourth-order valence-corrected chi connectivity index (χ4v) is 4.15. The Bertz CT molecular complexity index is 865. The number of carbonyl (C=O) groups is 2. The molecule has 156 valence electrons. The second-order valence-corrected chi connectivity index (χ2v) is 8.87. The Kier molecular flexibility index (Phi) is 6.62. The smallest absolute Gasteiger partial charge is 0.405 e. The third-order valence-electron chi connectivity index (χ3n) is 5.41. The fourth-order valence-electron chi connectivity index (χ4n) is 3.89. The quantitative estimate of drug-likeness (QED) is 0.601. The largest absolute Gasteiger partial charge is 0.465 e. The predicted molar refractivity (Wildman–Crippen MR) is 114 cm³/mol. The highest BCUT2D eigenvalue weighted by Crippen LogP contribution is 2.35. The van der Waals surface area contributed by atoms with E-state index >= 15 is 0 Å². The van der Waals surface area contributed by atoms with Crippen LogP contribution >= 0.6 is 15.9 Å². The number of benzene rings is 1. The van der Waals surface area contributed by atoms with Crippen molar-refractivity contribution < 1.29 is 14.7 Å². The van der Waals surface area contributed by atoms with Gasteiger partial charge in [-0.25, -0.2) is 9.78 Å². The molecular formula is C21H27BrN4O3. The van der Waals surface area contributed by atoms with E-state index in [0.717, 1.165) is 35.3 Å². The topological polar surface area (TPSA) is 98.3 Å². The van der Waals surface area contributed by atoms with E-state index in [4.69, 9.17) is 5.11 Å². The van der Waals surface area contributed by atoms with E-state index in [-0.39, 0.29) is 23.9 Å². The molecular weight excluding hydrogens is 436 g/mol. The van der Waals surface area contributed by atoms with Gasteiger partial charge in [0.15, 0.2) is 0 Å². The Balaban J connectivity index is 1.78. The van der Waals surface area contributed by atoms with Crippen molar-refractivity contribution in [3.05, 3.63) is 52.0 Å². The lowest BCUT2D eigenvalue weighted by Gasteiger charge is -2.32. The minimum absolute atomic E-state index is 0.0318. The van der Waals surface area contributed by atoms with Gasteiger partial charge in [-0.05, 0) is 43.4 Å². The van der Waals surface area contributed by atoms with Gasteiger partial charge in [-0.15, -0.1) is 0 Å². The summed E-state index contributed by atoms with van der Waals surface area (Å²) in [6.45, 7) is 5.69. The second kappa shape index (κ2) is 8.98. The molecule has 0 saturated carbocycles. The van der Waals surface area contributed by atoms with Crippen LogP contribution in [0.1, 0.15) is 56.7 Å². The number of aromatic amines is 1. The van der Waals surface area contributed by atoms with E-state index in [9.17, 15) is 9.59 Å². The van der Waals surface area contributed by atoms with Crippen molar-refractivity contribution in [3.8, 4) is 0 Å². The SMILES string of the molecule is CC(C)[C@H](NC(=O)O)C(=O)N1[C@@H](C)CC[C@H]1c1ncc(Cc2ccc(Br)cc2)[nH]1. The number of rotatable bonds is 6. The molecule has 8 heteroatoms. The molecule has 1 aliphatic heterocycles. The highest BCUT2D eigenvalue weighted by molar-refractivity contribution is 9.10. The number of carbonyl (C=O) groups excluding carboxylic acids is 1. The van der Waals surface area contributed by atoms with Crippen molar-refractivity contribution in [3.63, 3.8) is 0 Å². The number of carboxylic acid groups (broad SMARTS) is 1. The number of hydrogen-bond acceptors (Lipinski definition) is 3. The van der Waals surface area contributed by atoms with E-state index < -0.39 is 12.1 Å². The van der Waals surface area contributed by atoms with Gasteiger partial charge in [-0.1, -0.05) is 41.9 Å². The van der Waals surface area contributed by atoms with Crippen LogP contribution in [0.5, 0.6) is 0 Å². The summed E-state index contributed by atoms with van der Waals surface area (Å²) >= 11 is 3.44. The number of nitrogens with zero attached hydrogens (tertiary/aromatic N) is 2. The monoisotopic (exact) mass is 462 g/mol. The number of H-pyrrole nitrogens is 1. The van der Waals surface area contributed by atoms with E-state index in [1.54, 1.807) is 4.90 Å². The van der Waals surface area contributed by atoms with E-state index in [2.05, 4.69) is 43.3 Å². The van der Waals surface area contributed by atoms with Gasteiger partial charge in [-0.3, -0.25) is 4.79 Å². The van der Waals surface area contributed by atoms with E-state index in [1.165, 1.54) is 5.56 Å². The Morgan fingerprint density at radius 1 is 1.31 bits per heavy atom. The normalized spacial score (nSPS) is 20.1. The molecule has 2 amide bonds. The van der Waals surface area contributed by atoms with Crippen molar-refractivity contribution in [2.75, 3.05) is 0 Å². The molecule has 3 atom stereocenters. The average molecular weight is 463 g/mol. The maximum Gasteiger partial charge on any atom is 0.405 e. The number of aromatic nitrogens is 2. The number of amides is 2. The fraction of sp³-hybridized carbons (Fsp3) is 0.476. The predicted octanol–water partition coefficient (Wildman–Crippen LogP) is 4.11. The van der Waals surface area contributed by atoms with E-state index in [0.29, 0.717) is 0 Å². The Hall–Kier alpha value is -2.35. The lowest BCUT2D eigenvalue weighted by Crippen LogP contribution is -2.52. The molecule has 1 fully saturated rings. The molecule has 1 aromatic heterocycles. The van der Waals surface area contributed by atoms with Gasteiger partial charge in [0.25, 0.3) is 0 Å². The number of likely N-dealkylation sites (tertiary alicyclic amines) is 1. The van der Waals surface area contributed by atoms with Gasteiger partial charge in [-0.2, -0.15) is 0 Å². The summed E-state index contributed by atoms with van der Waals surface area (Å²) in [7, 11) is 0. The Morgan fingerprint density at radius 2 is 2.00 bits per heavy atom. The highest BCUT2D eigenvalue weighted by Gasteiger charge is 2.40. The summed E-state index contributed by atoms with van der Waals surface area (Å²) in [5.74, 6) is 0.424. The van der Waals surface area contributed by atoms with Crippen molar-refractivity contribution in [1.29, 1.82) is 0 Å². The molecule has 3 rings (SSSR count). The molecule has 2 heterocycles. The molecule has 0 spiro atoms. The summed E-state index contributed by atoms with van der Waals surface area (Å²) in [4.78, 5) is 34.1. The van der Waals surface area contributed by atoms with Crippen molar-refractivity contribution in [2.45, 2.75) is 58.2 Å². The van der Waals surface area contributed by atoms with Crippen LogP contribution in [0.2, 0.25) is 0 Å². The first-order valence-electron chi connectivity index (χ1n) is 9.86. The number of imidazole rings is 1. The van der Waals surface area contributed by atoms with Crippen LogP contribution in [0.25, 0.3) is 0 Å². The van der Waals surface area contributed by atoms with Gasteiger partial charge < -0.3 is 20.3 Å². The molecule has 2 aromatic rings. The number of hydrogen-bond donors (Lipinski definition) is 3. The van der Waals surface area contributed by atoms with E-state index in [1.807, 2.05) is 39.1 Å². The zero-order valence-electron chi connectivity index (χ0n) is 16.9. The standard InChI is InChI=1S/C21H27BrN4O3/c1-12(2)18(25-21(28)29)20(27)26-13(3)4-9-17(26)19-23-11-16(24-19)10-14-5-7-15(22)8-6-14/h5-8,11-13,17-18,25H,4,9-10H2,1-3H3,(H,23,24)(H,28,29)/t13-,17-,18-/m0/s1. The van der Waals surface area contributed by atoms with Crippen LogP contribution in [0, 0.1) is 5.92 Å².